The van der Waals surface area contributed by atoms with Crippen LogP contribution in [0.2, 0.25) is 0 Å². The summed E-state index contributed by atoms with van der Waals surface area (Å²) >= 11 is 1.67. The summed E-state index contributed by atoms with van der Waals surface area (Å²) in [6.07, 6.45) is 0. The number of rotatable bonds is 2. The van der Waals surface area contributed by atoms with E-state index in [0.29, 0.717) is 6.54 Å². The molecule has 2 N–H and O–H groups in total. The van der Waals surface area contributed by atoms with Gasteiger partial charge in [0.1, 0.15) is 5.01 Å². The number of thiazole rings is 1. The Bertz CT molecular complexity index is 440. The smallest absolute Gasteiger partial charge is 0.123 e. The highest BCUT2D eigenvalue weighted by atomic mass is 35.5. The van der Waals surface area contributed by atoms with Gasteiger partial charge in [0, 0.05) is 23.2 Å². The lowest BCUT2D eigenvalue weighted by Crippen LogP contribution is -1.98. The van der Waals surface area contributed by atoms with Crippen molar-refractivity contribution in [2.24, 2.45) is 5.73 Å². The van der Waals surface area contributed by atoms with E-state index in [4.69, 9.17) is 5.73 Å². The molecule has 0 atom stereocenters. The number of hydrogen-bond acceptors (Lipinski definition) is 3. The van der Waals surface area contributed by atoms with E-state index in [1.807, 2.05) is 25.1 Å². The van der Waals surface area contributed by atoms with Crippen LogP contribution in [-0.4, -0.2) is 4.98 Å². The molecule has 0 fully saturated rings. The van der Waals surface area contributed by atoms with E-state index in [-0.39, 0.29) is 12.4 Å². The minimum Gasteiger partial charge on any atom is -0.326 e. The van der Waals surface area contributed by atoms with E-state index in [9.17, 15) is 0 Å². The molecule has 0 spiro atoms. The van der Waals surface area contributed by atoms with Gasteiger partial charge in [0.2, 0.25) is 0 Å². The average Bonchev–Trinajstić information content (AvgIpc) is 2.65. The lowest BCUT2D eigenvalue weighted by atomic mass is 10.1. The van der Waals surface area contributed by atoms with Crippen LogP contribution in [-0.2, 0) is 6.54 Å². The SMILES string of the molecule is Cc1csc(-c2ccccc2CN)n1.Cl. The first-order valence-corrected chi connectivity index (χ1v) is 5.39. The summed E-state index contributed by atoms with van der Waals surface area (Å²) in [7, 11) is 0. The average molecular weight is 241 g/mol. The first-order chi connectivity index (χ1) is 6.81. The number of aromatic nitrogens is 1. The first kappa shape index (κ1) is 12.2. The molecule has 2 nitrogen and oxygen atoms in total. The van der Waals surface area contributed by atoms with Gasteiger partial charge in [-0.15, -0.1) is 23.7 Å². The second-order valence-corrected chi connectivity index (χ2v) is 4.01. The van der Waals surface area contributed by atoms with E-state index < -0.39 is 0 Å². The minimum atomic E-state index is 0. The Labute approximate surface area is 99.6 Å². The van der Waals surface area contributed by atoms with Crippen molar-refractivity contribution in [3.63, 3.8) is 0 Å². The van der Waals surface area contributed by atoms with Gasteiger partial charge in [-0.05, 0) is 12.5 Å². The van der Waals surface area contributed by atoms with Gasteiger partial charge in [-0.3, -0.25) is 0 Å². The van der Waals surface area contributed by atoms with E-state index in [0.717, 1.165) is 21.8 Å². The molecular formula is C11H13ClN2S. The second-order valence-electron chi connectivity index (χ2n) is 3.16. The van der Waals surface area contributed by atoms with Crippen LogP contribution in [0, 0.1) is 6.92 Å². The summed E-state index contributed by atoms with van der Waals surface area (Å²) in [5, 5.41) is 3.12. The molecular weight excluding hydrogens is 228 g/mol. The minimum absolute atomic E-state index is 0. The molecule has 0 radical (unpaired) electrons. The van der Waals surface area contributed by atoms with Crippen LogP contribution in [0.3, 0.4) is 0 Å². The summed E-state index contributed by atoms with van der Waals surface area (Å²) in [6, 6.07) is 8.14. The van der Waals surface area contributed by atoms with Gasteiger partial charge in [0.25, 0.3) is 0 Å². The Kier molecular flexibility index (Phi) is 4.27. The Balaban J connectivity index is 0.00000112. The molecule has 1 aromatic heterocycles. The number of benzene rings is 1. The number of hydrogen-bond donors (Lipinski definition) is 1. The molecule has 0 aliphatic heterocycles. The molecule has 0 aliphatic rings. The van der Waals surface area contributed by atoms with E-state index in [1.54, 1.807) is 11.3 Å². The van der Waals surface area contributed by atoms with Crippen LogP contribution in [0.5, 0.6) is 0 Å². The highest BCUT2D eigenvalue weighted by Gasteiger charge is 2.05. The fourth-order valence-corrected chi connectivity index (χ4v) is 2.24. The zero-order valence-electron chi connectivity index (χ0n) is 8.43. The highest BCUT2D eigenvalue weighted by Crippen LogP contribution is 2.26. The van der Waals surface area contributed by atoms with Crippen LogP contribution in [0.4, 0.5) is 0 Å². The normalized spacial score (nSPS) is 9.73. The topological polar surface area (TPSA) is 38.9 Å². The summed E-state index contributed by atoms with van der Waals surface area (Å²) in [5.41, 5.74) is 9.05. The van der Waals surface area contributed by atoms with Crippen molar-refractivity contribution in [3.05, 3.63) is 40.9 Å². The van der Waals surface area contributed by atoms with Crippen molar-refractivity contribution >= 4 is 23.7 Å². The van der Waals surface area contributed by atoms with Crippen LogP contribution < -0.4 is 5.73 Å². The molecule has 0 bridgehead atoms. The molecule has 15 heavy (non-hydrogen) atoms. The summed E-state index contributed by atoms with van der Waals surface area (Å²) in [5.74, 6) is 0. The van der Waals surface area contributed by atoms with Gasteiger partial charge < -0.3 is 5.73 Å². The van der Waals surface area contributed by atoms with Crippen LogP contribution >= 0.6 is 23.7 Å². The molecule has 80 valence electrons. The molecule has 4 heteroatoms. The highest BCUT2D eigenvalue weighted by molar-refractivity contribution is 7.13. The third-order valence-electron chi connectivity index (χ3n) is 2.09. The Morgan fingerprint density at radius 2 is 2.07 bits per heavy atom. The summed E-state index contributed by atoms with van der Waals surface area (Å²) < 4.78 is 0. The predicted molar refractivity (Wildman–Crippen MR) is 67.4 cm³/mol. The monoisotopic (exact) mass is 240 g/mol. The molecule has 0 aliphatic carbocycles. The Hall–Kier alpha value is -0.900. The number of halogens is 1. The molecule has 0 saturated heterocycles. The summed E-state index contributed by atoms with van der Waals surface area (Å²) in [4.78, 5) is 4.45. The van der Waals surface area contributed by atoms with Gasteiger partial charge in [-0.25, -0.2) is 4.98 Å². The summed E-state index contributed by atoms with van der Waals surface area (Å²) in [6.45, 7) is 2.57. The molecule has 2 rings (SSSR count). The maximum Gasteiger partial charge on any atom is 0.123 e. The number of aryl methyl sites for hydroxylation is 1. The zero-order chi connectivity index (χ0) is 9.97. The van der Waals surface area contributed by atoms with Crippen LogP contribution in [0.1, 0.15) is 11.3 Å². The second kappa shape index (κ2) is 5.26. The van der Waals surface area contributed by atoms with Gasteiger partial charge in [-0.1, -0.05) is 24.3 Å². The number of nitrogens with two attached hydrogens (primary N) is 1. The zero-order valence-corrected chi connectivity index (χ0v) is 10.1. The molecule has 1 aromatic carbocycles. The quantitative estimate of drug-likeness (QED) is 0.877. The molecule has 1 heterocycles. The third-order valence-corrected chi connectivity index (χ3v) is 3.08. The molecule has 0 saturated carbocycles. The lowest BCUT2D eigenvalue weighted by Gasteiger charge is -2.03. The molecule has 0 unspecified atom stereocenters. The fraction of sp³-hybridized carbons (Fsp3) is 0.182. The van der Waals surface area contributed by atoms with Crippen molar-refractivity contribution in [1.29, 1.82) is 0 Å². The van der Waals surface area contributed by atoms with Crippen LogP contribution in [0.25, 0.3) is 10.6 Å². The van der Waals surface area contributed by atoms with Gasteiger partial charge in [-0.2, -0.15) is 0 Å². The molecule has 0 amide bonds. The largest absolute Gasteiger partial charge is 0.326 e. The molecule has 2 aromatic rings. The van der Waals surface area contributed by atoms with Crippen LogP contribution in [0.15, 0.2) is 29.6 Å². The van der Waals surface area contributed by atoms with Crippen molar-refractivity contribution in [1.82, 2.24) is 4.98 Å². The standard InChI is InChI=1S/C11H12N2S.ClH/c1-8-7-14-11(13-8)10-5-3-2-4-9(10)6-12;/h2-5,7H,6,12H2,1H3;1H. The van der Waals surface area contributed by atoms with Crippen molar-refractivity contribution < 1.29 is 0 Å². The Morgan fingerprint density at radius 3 is 2.67 bits per heavy atom. The van der Waals surface area contributed by atoms with Gasteiger partial charge >= 0.3 is 0 Å². The van der Waals surface area contributed by atoms with Gasteiger partial charge in [0.15, 0.2) is 0 Å². The van der Waals surface area contributed by atoms with Gasteiger partial charge in [0.05, 0.1) is 0 Å². The maximum atomic E-state index is 5.67. The number of nitrogens with zero attached hydrogens (tertiary/aromatic N) is 1. The van der Waals surface area contributed by atoms with E-state index in [1.165, 1.54) is 0 Å². The van der Waals surface area contributed by atoms with Crippen molar-refractivity contribution in [2.75, 3.05) is 0 Å². The maximum absolute atomic E-state index is 5.67. The van der Waals surface area contributed by atoms with Crippen molar-refractivity contribution in [3.8, 4) is 10.6 Å². The third kappa shape index (κ3) is 2.56. The first-order valence-electron chi connectivity index (χ1n) is 4.51. The van der Waals surface area contributed by atoms with E-state index in [2.05, 4.69) is 16.4 Å². The fourth-order valence-electron chi connectivity index (χ4n) is 1.38. The predicted octanol–water partition coefficient (Wildman–Crippen LogP) is 3.00. The Morgan fingerprint density at radius 1 is 1.33 bits per heavy atom. The van der Waals surface area contributed by atoms with Crippen molar-refractivity contribution in [2.45, 2.75) is 13.5 Å². The van der Waals surface area contributed by atoms with E-state index >= 15 is 0 Å². The lowest BCUT2D eigenvalue weighted by molar-refractivity contribution is 1.07.